The van der Waals surface area contributed by atoms with Crippen molar-refractivity contribution < 1.29 is 19.7 Å². The highest BCUT2D eigenvalue weighted by atomic mass is 16.5. The first-order valence-corrected chi connectivity index (χ1v) is 11.6. The second-order valence-corrected chi connectivity index (χ2v) is 8.86. The molecule has 4 heterocycles. The summed E-state index contributed by atoms with van der Waals surface area (Å²) in [6.45, 7) is 4.27. The van der Waals surface area contributed by atoms with Crippen LogP contribution in [0.15, 0.2) is 42.7 Å². The zero-order valence-electron chi connectivity index (χ0n) is 19.1. The lowest BCUT2D eigenvalue weighted by Gasteiger charge is -2.34. The van der Waals surface area contributed by atoms with E-state index in [-0.39, 0.29) is 24.3 Å². The molecule has 0 saturated carbocycles. The molecule has 1 saturated heterocycles. The third kappa shape index (κ3) is 4.36. The summed E-state index contributed by atoms with van der Waals surface area (Å²) in [5, 5.41) is 23.3. The molecule has 34 heavy (non-hydrogen) atoms. The molecule has 1 amide bonds. The number of hydrogen-bond donors (Lipinski definition) is 3. The van der Waals surface area contributed by atoms with Crippen molar-refractivity contribution in [3.05, 3.63) is 59.5 Å². The van der Waals surface area contributed by atoms with E-state index in [1.807, 2.05) is 29.8 Å². The first kappa shape index (κ1) is 22.4. The number of phenols is 1. The van der Waals surface area contributed by atoms with Gasteiger partial charge in [-0.25, -0.2) is 9.97 Å². The maximum absolute atomic E-state index is 13.4. The average molecular weight is 464 g/mol. The van der Waals surface area contributed by atoms with Gasteiger partial charge in [-0.3, -0.25) is 4.79 Å². The van der Waals surface area contributed by atoms with Crippen LogP contribution in [0.4, 0.5) is 5.95 Å². The Bertz CT molecular complexity index is 1190. The van der Waals surface area contributed by atoms with Crippen LogP contribution in [-0.2, 0) is 11.3 Å². The van der Waals surface area contributed by atoms with Gasteiger partial charge >= 0.3 is 0 Å². The topological polar surface area (TPSA) is 113 Å². The maximum atomic E-state index is 13.4. The molecule has 0 bridgehead atoms. The second kappa shape index (κ2) is 9.44. The summed E-state index contributed by atoms with van der Waals surface area (Å²) in [4.78, 5) is 24.3. The van der Waals surface area contributed by atoms with E-state index in [9.17, 15) is 15.0 Å². The van der Waals surface area contributed by atoms with Crippen LogP contribution in [-0.4, -0.2) is 68.0 Å². The van der Waals surface area contributed by atoms with Crippen molar-refractivity contribution in [3.63, 3.8) is 0 Å². The van der Waals surface area contributed by atoms with Gasteiger partial charge in [0.25, 0.3) is 5.91 Å². The minimum atomic E-state index is -0.525. The van der Waals surface area contributed by atoms with Crippen LogP contribution in [0.5, 0.6) is 5.75 Å². The number of aryl methyl sites for hydroxylation is 1. The molecular weight excluding hydrogens is 434 g/mol. The Kier molecular flexibility index (Phi) is 6.21. The van der Waals surface area contributed by atoms with Crippen LogP contribution in [0, 0.1) is 6.92 Å². The van der Waals surface area contributed by atoms with Gasteiger partial charge in [0.1, 0.15) is 11.4 Å². The molecule has 3 aromatic rings. The van der Waals surface area contributed by atoms with E-state index in [1.54, 1.807) is 29.3 Å². The fourth-order valence-electron chi connectivity index (χ4n) is 4.71. The number of aromatic hydroxyl groups is 1. The highest BCUT2D eigenvalue weighted by Crippen LogP contribution is 2.31. The van der Waals surface area contributed by atoms with Gasteiger partial charge in [0.15, 0.2) is 0 Å². The van der Waals surface area contributed by atoms with Crippen LogP contribution in [0.2, 0.25) is 0 Å². The largest absolute Gasteiger partial charge is 0.508 e. The Morgan fingerprint density at radius 3 is 2.82 bits per heavy atom. The van der Waals surface area contributed by atoms with Crippen molar-refractivity contribution in [1.82, 2.24) is 19.4 Å². The number of aromatic nitrogens is 3. The standard InChI is InChI=1S/C25H29N5O4/c1-16-13-26-25(27-19-5-9-34-10-6-19)28-23(16)18-12-21-24(33)30(8-7-29(21)14-18)22(15-31)17-3-2-4-20(32)11-17/h2-4,11-14,19,22,31-32H,5-10,15H2,1H3,(H,26,27,28). The number of aliphatic hydroxyl groups is 1. The number of amides is 1. The summed E-state index contributed by atoms with van der Waals surface area (Å²) < 4.78 is 7.37. The van der Waals surface area contributed by atoms with Crippen molar-refractivity contribution in [2.24, 2.45) is 0 Å². The molecule has 2 aliphatic rings. The average Bonchev–Trinajstić information content (AvgIpc) is 3.28. The van der Waals surface area contributed by atoms with E-state index in [4.69, 9.17) is 9.72 Å². The Morgan fingerprint density at radius 1 is 1.24 bits per heavy atom. The molecule has 1 aromatic carbocycles. The Hall–Kier alpha value is -3.43. The van der Waals surface area contributed by atoms with E-state index in [0.29, 0.717) is 30.3 Å². The zero-order chi connectivity index (χ0) is 23.7. The first-order chi connectivity index (χ1) is 16.5. The number of ether oxygens (including phenoxy) is 1. The van der Waals surface area contributed by atoms with E-state index < -0.39 is 6.04 Å². The third-order valence-corrected chi connectivity index (χ3v) is 6.56. The van der Waals surface area contributed by atoms with Crippen molar-refractivity contribution in [3.8, 4) is 17.0 Å². The molecule has 9 nitrogen and oxygen atoms in total. The second-order valence-electron chi connectivity index (χ2n) is 8.86. The molecule has 3 N–H and O–H groups in total. The van der Waals surface area contributed by atoms with Crippen LogP contribution in [0.25, 0.3) is 11.3 Å². The lowest BCUT2D eigenvalue weighted by Crippen LogP contribution is -2.43. The van der Waals surface area contributed by atoms with Gasteiger partial charge in [-0.15, -0.1) is 0 Å². The number of carbonyl (C=O) groups is 1. The number of aliphatic hydroxyl groups excluding tert-OH is 1. The van der Waals surface area contributed by atoms with E-state index in [0.717, 1.165) is 42.9 Å². The van der Waals surface area contributed by atoms with Crippen LogP contribution in [0.1, 0.15) is 40.5 Å². The molecular formula is C25H29N5O4. The number of phenolic OH excluding ortho intramolecular Hbond substituents is 1. The van der Waals surface area contributed by atoms with Gasteiger partial charge in [-0.05, 0) is 49.1 Å². The molecule has 9 heteroatoms. The number of fused-ring (bicyclic) bond motifs is 1. The molecule has 0 radical (unpaired) electrons. The van der Waals surface area contributed by atoms with Crippen LogP contribution in [0.3, 0.4) is 0 Å². The van der Waals surface area contributed by atoms with E-state index in [2.05, 4.69) is 10.3 Å². The van der Waals surface area contributed by atoms with Gasteiger partial charge in [0.2, 0.25) is 5.95 Å². The summed E-state index contributed by atoms with van der Waals surface area (Å²) in [5.41, 5.74) is 3.83. The van der Waals surface area contributed by atoms with E-state index in [1.165, 1.54) is 0 Å². The van der Waals surface area contributed by atoms with E-state index >= 15 is 0 Å². The summed E-state index contributed by atoms with van der Waals surface area (Å²) in [5.74, 6) is 0.525. The molecule has 1 atom stereocenters. The Morgan fingerprint density at radius 2 is 2.06 bits per heavy atom. The van der Waals surface area contributed by atoms with Gasteiger partial charge in [-0.1, -0.05) is 12.1 Å². The highest BCUT2D eigenvalue weighted by Gasteiger charge is 2.32. The molecule has 1 fully saturated rings. The van der Waals surface area contributed by atoms with Crippen molar-refractivity contribution in [2.45, 2.75) is 38.4 Å². The minimum absolute atomic E-state index is 0.107. The highest BCUT2D eigenvalue weighted by molar-refractivity contribution is 5.95. The normalized spacial score (nSPS) is 17.5. The quantitative estimate of drug-likeness (QED) is 0.515. The zero-order valence-corrected chi connectivity index (χ0v) is 19.1. The van der Waals surface area contributed by atoms with Gasteiger partial charge < -0.3 is 29.7 Å². The first-order valence-electron chi connectivity index (χ1n) is 11.6. The summed E-state index contributed by atoms with van der Waals surface area (Å²) in [7, 11) is 0. The predicted octanol–water partition coefficient (Wildman–Crippen LogP) is 2.74. The molecule has 178 valence electrons. The lowest BCUT2D eigenvalue weighted by molar-refractivity contribution is 0.0525. The number of hydrogen-bond acceptors (Lipinski definition) is 7. The predicted molar refractivity (Wildman–Crippen MR) is 127 cm³/mol. The summed E-state index contributed by atoms with van der Waals surface area (Å²) in [6, 6.07) is 8.31. The number of nitrogens with one attached hydrogen (secondary N) is 1. The fraction of sp³-hybridized carbons (Fsp3) is 0.400. The van der Waals surface area contributed by atoms with Crippen molar-refractivity contribution in [2.75, 3.05) is 31.7 Å². The van der Waals surface area contributed by atoms with Gasteiger partial charge in [-0.2, -0.15) is 0 Å². The van der Waals surface area contributed by atoms with Crippen molar-refractivity contribution >= 4 is 11.9 Å². The number of rotatable bonds is 6. The Balaban J connectivity index is 1.41. The van der Waals surface area contributed by atoms with Crippen molar-refractivity contribution in [1.29, 1.82) is 0 Å². The molecule has 2 aromatic heterocycles. The Labute approximate surface area is 198 Å². The molecule has 0 aliphatic carbocycles. The molecule has 2 aliphatic heterocycles. The third-order valence-electron chi connectivity index (χ3n) is 6.56. The monoisotopic (exact) mass is 463 g/mol. The lowest BCUT2D eigenvalue weighted by atomic mass is 10.0. The number of anilines is 1. The number of carbonyl (C=O) groups excluding carboxylic acids is 1. The maximum Gasteiger partial charge on any atom is 0.271 e. The van der Waals surface area contributed by atoms with Crippen LogP contribution < -0.4 is 5.32 Å². The SMILES string of the molecule is Cc1cnc(NC2CCOCC2)nc1-c1cc2n(c1)CCN(C(CO)c1cccc(O)c1)C2=O. The van der Waals surface area contributed by atoms with Crippen LogP contribution >= 0.6 is 0 Å². The number of nitrogens with zero attached hydrogens (tertiary/aromatic N) is 4. The summed E-state index contributed by atoms with van der Waals surface area (Å²) in [6.07, 6.45) is 5.60. The smallest absolute Gasteiger partial charge is 0.271 e. The molecule has 5 rings (SSSR count). The minimum Gasteiger partial charge on any atom is -0.508 e. The number of benzene rings is 1. The van der Waals surface area contributed by atoms with Gasteiger partial charge in [0, 0.05) is 50.3 Å². The molecule has 0 spiro atoms. The molecule has 1 unspecified atom stereocenters. The summed E-state index contributed by atoms with van der Waals surface area (Å²) >= 11 is 0. The van der Waals surface area contributed by atoms with Gasteiger partial charge in [0.05, 0.1) is 18.3 Å². The fourth-order valence-corrected chi connectivity index (χ4v) is 4.71.